The molecule has 2 aromatic carbocycles. The van der Waals surface area contributed by atoms with Crippen LogP contribution in [-0.2, 0) is 11.3 Å². The maximum Gasteiger partial charge on any atom is 0.410 e. The minimum Gasteiger partial charge on any atom is -0.445 e. The Morgan fingerprint density at radius 1 is 0.879 bits per heavy atom. The fourth-order valence-electron chi connectivity index (χ4n) is 6.60. The summed E-state index contributed by atoms with van der Waals surface area (Å²) in [5.74, 6) is 0.580. The van der Waals surface area contributed by atoms with Crippen molar-refractivity contribution in [3.05, 3.63) is 65.2 Å². The van der Waals surface area contributed by atoms with E-state index in [1.807, 2.05) is 35.2 Å². The predicted octanol–water partition coefficient (Wildman–Crippen LogP) is 5.32. The van der Waals surface area contributed by atoms with Crippen LogP contribution < -0.4 is 4.90 Å². The number of carbonyl (C=O) groups is 1. The van der Waals surface area contributed by atoms with Gasteiger partial charge < -0.3 is 14.5 Å². The van der Waals surface area contributed by atoms with E-state index in [1.54, 1.807) is 0 Å². The topological polar surface area (TPSA) is 36.0 Å². The van der Waals surface area contributed by atoms with Crippen LogP contribution in [0.1, 0.15) is 67.2 Å². The Hall–Kier alpha value is -2.53. The van der Waals surface area contributed by atoms with Crippen molar-refractivity contribution in [3.8, 4) is 0 Å². The van der Waals surface area contributed by atoms with E-state index in [0.29, 0.717) is 12.5 Å². The first-order chi connectivity index (χ1) is 16.3. The Morgan fingerprint density at radius 2 is 1.67 bits per heavy atom. The van der Waals surface area contributed by atoms with Crippen LogP contribution in [0.5, 0.6) is 0 Å². The van der Waals surface area contributed by atoms with Gasteiger partial charge in [-0.3, -0.25) is 4.90 Å². The number of piperidine rings is 1. The zero-order chi connectivity index (χ0) is 22.2. The molecule has 3 fully saturated rings. The highest BCUT2D eigenvalue weighted by molar-refractivity contribution is 5.70. The van der Waals surface area contributed by atoms with Gasteiger partial charge in [0.15, 0.2) is 0 Å². The number of hydrogen-bond acceptors (Lipinski definition) is 4. The number of benzene rings is 2. The quantitative estimate of drug-likeness (QED) is 0.638. The van der Waals surface area contributed by atoms with Gasteiger partial charge >= 0.3 is 6.09 Å². The molecule has 174 valence electrons. The second kappa shape index (κ2) is 9.02. The van der Waals surface area contributed by atoms with E-state index in [2.05, 4.69) is 28.0 Å². The fourth-order valence-corrected chi connectivity index (χ4v) is 6.60. The molecule has 0 N–H and O–H groups in total. The van der Waals surface area contributed by atoms with Crippen molar-refractivity contribution in [2.45, 2.75) is 63.1 Å². The van der Waals surface area contributed by atoms with E-state index in [9.17, 15) is 4.79 Å². The first-order valence-electron chi connectivity index (χ1n) is 12.9. The lowest BCUT2D eigenvalue weighted by atomic mass is 9.96. The fraction of sp³-hybridized carbons (Fsp3) is 0.536. The smallest absolute Gasteiger partial charge is 0.410 e. The molecule has 1 unspecified atom stereocenters. The van der Waals surface area contributed by atoms with Gasteiger partial charge in [0.1, 0.15) is 6.61 Å². The minimum atomic E-state index is -0.175. The zero-order valence-corrected chi connectivity index (χ0v) is 19.5. The van der Waals surface area contributed by atoms with E-state index in [1.165, 1.54) is 55.6 Å². The molecule has 6 rings (SSSR count). The van der Waals surface area contributed by atoms with Gasteiger partial charge in [0.2, 0.25) is 0 Å². The van der Waals surface area contributed by atoms with E-state index in [-0.39, 0.29) is 12.1 Å². The summed E-state index contributed by atoms with van der Waals surface area (Å²) in [5, 5.41) is 0. The third-order valence-electron chi connectivity index (χ3n) is 8.43. The maximum atomic E-state index is 13.0. The van der Waals surface area contributed by atoms with Crippen molar-refractivity contribution in [2.75, 3.05) is 37.6 Å². The summed E-state index contributed by atoms with van der Waals surface area (Å²) in [6.45, 7) is 5.67. The molecule has 2 aromatic rings. The molecule has 2 atom stereocenters. The molecular formula is C28H35N3O2. The number of piperazine rings is 1. The van der Waals surface area contributed by atoms with Gasteiger partial charge in [0.25, 0.3) is 0 Å². The number of amides is 1. The number of ether oxygens (including phenoxy) is 1. The maximum absolute atomic E-state index is 13.0. The Kier molecular flexibility index (Phi) is 5.75. The molecule has 5 nitrogen and oxygen atoms in total. The van der Waals surface area contributed by atoms with Crippen LogP contribution in [0.15, 0.2) is 48.5 Å². The van der Waals surface area contributed by atoms with Gasteiger partial charge in [-0.05, 0) is 60.4 Å². The van der Waals surface area contributed by atoms with Crippen LogP contribution in [0.4, 0.5) is 10.5 Å². The summed E-state index contributed by atoms with van der Waals surface area (Å²) in [7, 11) is 0. The van der Waals surface area contributed by atoms with Crippen molar-refractivity contribution in [1.29, 1.82) is 0 Å². The first-order valence-corrected chi connectivity index (χ1v) is 12.9. The Morgan fingerprint density at radius 3 is 2.45 bits per heavy atom. The molecule has 2 heterocycles. The number of rotatable bonds is 4. The Bertz CT molecular complexity index is 980. The molecule has 2 saturated heterocycles. The van der Waals surface area contributed by atoms with Gasteiger partial charge in [-0.15, -0.1) is 0 Å². The molecule has 33 heavy (non-hydrogen) atoms. The number of nitrogens with zero attached hydrogens (tertiary/aromatic N) is 3. The third kappa shape index (κ3) is 4.12. The van der Waals surface area contributed by atoms with Crippen molar-refractivity contribution in [1.82, 2.24) is 9.80 Å². The van der Waals surface area contributed by atoms with Crippen molar-refractivity contribution in [2.24, 2.45) is 0 Å². The average molecular weight is 446 g/mol. The molecule has 0 spiro atoms. The summed E-state index contributed by atoms with van der Waals surface area (Å²) in [6, 6.07) is 18.0. The van der Waals surface area contributed by atoms with E-state index >= 15 is 0 Å². The van der Waals surface area contributed by atoms with E-state index in [0.717, 1.165) is 44.1 Å². The van der Waals surface area contributed by atoms with Gasteiger partial charge in [-0.2, -0.15) is 0 Å². The molecule has 2 aliphatic carbocycles. The molecular weight excluding hydrogens is 410 g/mol. The molecule has 1 saturated carbocycles. The van der Waals surface area contributed by atoms with Crippen LogP contribution >= 0.6 is 0 Å². The molecule has 0 aromatic heterocycles. The second-order valence-electron chi connectivity index (χ2n) is 10.2. The predicted molar refractivity (Wildman–Crippen MR) is 131 cm³/mol. The van der Waals surface area contributed by atoms with Gasteiger partial charge in [-0.1, -0.05) is 49.2 Å². The highest BCUT2D eigenvalue weighted by atomic mass is 16.6. The van der Waals surface area contributed by atoms with Crippen molar-refractivity contribution in [3.63, 3.8) is 0 Å². The standard InChI is InChI=1S/C28H35N3O2/c32-28(33-20-21-6-2-1-3-7-21)31-13-12-22-18-27(31)26-19-24(10-11-25(22)26)30-16-14-29(15-17-30)23-8-4-5-9-23/h1-3,6-7,10-11,19,22-23,27H,4-5,8-9,12-18,20H2/t22?,27-/m1/s1. The number of fused-ring (bicyclic) bond motifs is 5. The van der Waals surface area contributed by atoms with Gasteiger partial charge in [-0.25, -0.2) is 4.79 Å². The van der Waals surface area contributed by atoms with Crippen molar-refractivity contribution >= 4 is 11.8 Å². The second-order valence-corrected chi connectivity index (χ2v) is 10.2. The normalized spacial score (nSPS) is 25.3. The zero-order valence-electron chi connectivity index (χ0n) is 19.5. The summed E-state index contributed by atoms with van der Waals surface area (Å²) in [4.78, 5) is 20.2. The highest BCUT2D eigenvalue weighted by Crippen LogP contribution is 2.50. The summed E-state index contributed by atoms with van der Waals surface area (Å²) in [5.41, 5.74) is 5.16. The van der Waals surface area contributed by atoms with Crippen LogP contribution in [0.25, 0.3) is 0 Å². The molecule has 5 heteroatoms. The Labute approximate surface area is 197 Å². The van der Waals surface area contributed by atoms with Crippen LogP contribution in [0.2, 0.25) is 0 Å². The molecule has 4 aliphatic rings. The summed E-state index contributed by atoms with van der Waals surface area (Å²) in [6.07, 6.45) is 7.48. The van der Waals surface area contributed by atoms with Gasteiger partial charge in [0, 0.05) is 44.5 Å². The lowest BCUT2D eigenvalue weighted by Crippen LogP contribution is -2.49. The number of likely N-dealkylation sites (tertiary alicyclic amines) is 1. The van der Waals surface area contributed by atoms with Crippen LogP contribution in [0.3, 0.4) is 0 Å². The van der Waals surface area contributed by atoms with E-state index < -0.39 is 0 Å². The Balaban J connectivity index is 1.14. The minimum absolute atomic E-state index is 0.154. The number of carbonyl (C=O) groups excluding carboxylic acids is 1. The van der Waals surface area contributed by atoms with Gasteiger partial charge in [0.05, 0.1) is 6.04 Å². The van der Waals surface area contributed by atoms with Crippen LogP contribution in [-0.4, -0.2) is 54.7 Å². The third-order valence-corrected chi connectivity index (χ3v) is 8.43. The van der Waals surface area contributed by atoms with Crippen LogP contribution in [0, 0.1) is 0 Å². The molecule has 2 aliphatic heterocycles. The first kappa shape index (κ1) is 21.0. The highest BCUT2D eigenvalue weighted by Gasteiger charge is 2.41. The molecule has 0 radical (unpaired) electrons. The van der Waals surface area contributed by atoms with E-state index in [4.69, 9.17) is 4.74 Å². The lowest BCUT2D eigenvalue weighted by molar-refractivity contribution is 0.0694. The van der Waals surface area contributed by atoms with Crippen molar-refractivity contribution < 1.29 is 9.53 Å². The number of hydrogen-bond donors (Lipinski definition) is 0. The summed E-state index contributed by atoms with van der Waals surface area (Å²) >= 11 is 0. The number of anilines is 1. The summed E-state index contributed by atoms with van der Waals surface area (Å²) < 4.78 is 5.71. The largest absolute Gasteiger partial charge is 0.445 e. The molecule has 2 bridgehead atoms. The average Bonchev–Trinajstić information content (AvgIpc) is 3.51. The monoisotopic (exact) mass is 445 g/mol. The SMILES string of the molecule is O=C(OCc1ccccc1)N1CCC2C[C@@H]1c1cc(N3CCN(C4CCCC4)CC3)ccc12. The lowest BCUT2D eigenvalue weighted by Gasteiger charge is -2.39. The molecule has 1 amide bonds.